The quantitative estimate of drug-likeness (QED) is 0.557. The number of rotatable bonds is 7. The molecule has 4 rings (SSSR count). The number of carbonyl (C=O) groups is 4. The molecule has 0 spiro atoms. The molecule has 0 aromatic heterocycles. The topological polar surface area (TPSA) is 125 Å². The number of aryl methyl sites for hydroxylation is 1. The predicted molar refractivity (Wildman–Crippen MR) is 128 cm³/mol. The van der Waals surface area contributed by atoms with Crippen LogP contribution in [0.5, 0.6) is 5.75 Å². The monoisotopic (exact) mass is 479 g/mol. The number of hydrogen-bond donors (Lipinski definition) is 3. The minimum Gasteiger partial charge on any atom is -0.497 e. The number of carboxylic acid groups (broad SMARTS) is 1. The first-order chi connectivity index (χ1) is 16.7. The average Bonchev–Trinajstić information content (AvgIpc) is 3.18. The molecular formula is C26H29N3O6. The molecule has 3 N–H and O–H groups in total. The fourth-order valence-corrected chi connectivity index (χ4v) is 4.75. The lowest BCUT2D eigenvalue weighted by molar-refractivity contribution is -0.140. The van der Waals surface area contributed by atoms with E-state index in [2.05, 4.69) is 10.6 Å². The number of benzene rings is 2. The van der Waals surface area contributed by atoms with Gasteiger partial charge in [0.1, 0.15) is 23.9 Å². The number of ether oxygens (including phenoxy) is 1. The Labute approximate surface area is 203 Å². The van der Waals surface area contributed by atoms with E-state index in [0.29, 0.717) is 29.8 Å². The second-order valence-electron chi connectivity index (χ2n) is 9.22. The van der Waals surface area contributed by atoms with Gasteiger partial charge in [-0.2, -0.15) is 0 Å². The van der Waals surface area contributed by atoms with Crippen molar-refractivity contribution in [2.24, 2.45) is 5.92 Å². The van der Waals surface area contributed by atoms with E-state index < -0.39 is 41.8 Å². The molecule has 9 nitrogen and oxygen atoms in total. The van der Waals surface area contributed by atoms with Crippen LogP contribution in [0.15, 0.2) is 42.5 Å². The number of aliphatic carboxylic acids is 1. The number of para-hydroxylation sites is 1. The number of carboxylic acids is 1. The lowest BCUT2D eigenvalue weighted by Crippen LogP contribution is -2.57. The third-order valence-electron chi connectivity index (χ3n) is 6.58. The van der Waals surface area contributed by atoms with Crippen LogP contribution in [0.1, 0.15) is 41.8 Å². The molecule has 0 saturated heterocycles. The summed E-state index contributed by atoms with van der Waals surface area (Å²) in [5, 5.41) is 15.3. The van der Waals surface area contributed by atoms with Crippen molar-refractivity contribution < 1.29 is 29.0 Å². The highest BCUT2D eigenvalue weighted by Gasteiger charge is 2.44. The summed E-state index contributed by atoms with van der Waals surface area (Å²) in [6.07, 6.45) is 1.08. The Hall–Kier alpha value is -3.88. The molecule has 184 valence electrons. The van der Waals surface area contributed by atoms with Crippen LogP contribution < -0.4 is 20.3 Å². The van der Waals surface area contributed by atoms with Crippen LogP contribution in [-0.4, -0.2) is 54.0 Å². The Morgan fingerprint density at radius 3 is 2.51 bits per heavy atom. The maximum absolute atomic E-state index is 13.5. The SMILES string of the molecule is COc1cccc(C(=O)N[C@H](C(=O)N[C@H]2CCc3cccc4c3N(C2=O)[C@H](C(=O)O)C4)C(C)C)c1. The largest absolute Gasteiger partial charge is 0.497 e. The van der Waals surface area contributed by atoms with Crippen LogP contribution in [0.25, 0.3) is 0 Å². The first kappa shape index (κ1) is 24.3. The highest BCUT2D eigenvalue weighted by Crippen LogP contribution is 2.39. The van der Waals surface area contributed by atoms with E-state index in [1.807, 2.05) is 18.2 Å². The maximum atomic E-state index is 13.5. The molecule has 3 amide bonds. The summed E-state index contributed by atoms with van der Waals surface area (Å²) in [6, 6.07) is 9.38. The van der Waals surface area contributed by atoms with Crippen molar-refractivity contribution in [1.29, 1.82) is 0 Å². The van der Waals surface area contributed by atoms with Gasteiger partial charge in [0.2, 0.25) is 11.8 Å². The van der Waals surface area contributed by atoms with Crippen LogP contribution >= 0.6 is 0 Å². The first-order valence-electron chi connectivity index (χ1n) is 11.6. The zero-order valence-electron chi connectivity index (χ0n) is 19.9. The summed E-state index contributed by atoms with van der Waals surface area (Å²) in [6.45, 7) is 3.60. The number of anilines is 1. The lowest BCUT2D eigenvalue weighted by Gasteiger charge is -2.28. The second kappa shape index (κ2) is 9.77. The molecule has 2 aliphatic heterocycles. The van der Waals surface area contributed by atoms with Gasteiger partial charge in [-0.3, -0.25) is 19.3 Å². The summed E-state index contributed by atoms with van der Waals surface area (Å²) < 4.78 is 5.16. The van der Waals surface area contributed by atoms with Crippen LogP contribution in [0.4, 0.5) is 5.69 Å². The summed E-state index contributed by atoms with van der Waals surface area (Å²) in [5.74, 6) is -2.20. The molecular weight excluding hydrogens is 450 g/mol. The van der Waals surface area contributed by atoms with Gasteiger partial charge in [0.25, 0.3) is 5.91 Å². The Kier molecular flexibility index (Phi) is 6.77. The number of carbonyl (C=O) groups excluding carboxylic acids is 3. The second-order valence-corrected chi connectivity index (χ2v) is 9.22. The van der Waals surface area contributed by atoms with Gasteiger partial charge in [-0.15, -0.1) is 0 Å². The summed E-state index contributed by atoms with van der Waals surface area (Å²) in [7, 11) is 1.50. The highest BCUT2D eigenvalue weighted by molar-refractivity contribution is 6.07. The van der Waals surface area contributed by atoms with Crippen LogP contribution in [0, 0.1) is 5.92 Å². The van der Waals surface area contributed by atoms with Crippen LogP contribution in [0.3, 0.4) is 0 Å². The summed E-state index contributed by atoms with van der Waals surface area (Å²) in [4.78, 5) is 52.8. The molecule has 0 radical (unpaired) electrons. The molecule has 0 saturated carbocycles. The van der Waals surface area contributed by atoms with Gasteiger partial charge in [0.05, 0.1) is 12.8 Å². The molecule has 2 heterocycles. The predicted octanol–water partition coefficient (Wildman–Crippen LogP) is 1.92. The lowest BCUT2D eigenvalue weighted by atomic mass is 9.99. The maximum Gasteiger partial charge on any atom is 0.327 e. The minimum atomic E-state index is -1.09. The van der Waals surface area contributed by atoms with Gasteiger partial charge < -0.3 is 20.5 Å². The molecule has 9 heteroatoms. The molecule has 0 fully saturated rings. The Bertz CT molecular complexity index is 1180. The van der Waals surface area contributed by atoms with E-state index in [1.54, 1.807) is 38.1 Å². The van der Waals surface area contributed by atoms with Crippen molar-refractivity contribution in [2.75, 3.05) is 12.0 Å². The van der Waals surface area contributed by atoms with E-state index in [1.165, 1.54) is 12.0 Å². The molecule has 35 heavy (non-hydrogen) atoms. The van der Waals surface area contributed by atoms with Gasteiger partial charge in [0.15, 0.2) is 0 Å². The molecule has 3 atom stereocenters. The number of methoxy groups -OCH3 is 1. The third kappa shape index (κ3) is 4.71. The van der Waals surface area contributed by atoms with Crippen LogP contribution in [-0.2, 0) is 27.2 Å². The first-order valence-corrected chi connectivity index (χ1v) is 11.6. The van der Waals surface area contributed by atoms with Crippen molar-refractivity contribution in [3.05, 3.63) is 59.2 Å². The van der Waals surface area contributed by atoms with E-state index in [9.17, 15) is 24.3 Å². The van der Waals surface area contributed by atoms with E-state index in [0.717, 1.165) is 11.1 Å². The van der Waals surface area contributed by atoms with Crippen molar-refractivity contribution in [2.45, 2.75) is 51.2 Å². The number of hydrogen-bond acceptors (Lipinski definition) is 5. The minimum absolute atomic E-state index is 0.232. The van der Waals surface area contributed by atoms with Crippen molar-refractivity contribution >= 4 is 29.4 Å². The van der Waals surface area contributed by atoms with Crippen molar-refractivity contribution in [3.63, 3.8) is 0 Å². The summed E-state index contributed by atoms with van der Waals surface area (Å²) >= 11 is 0. The van der Waals surface area contributed by atoms with E-state index >= 15 is 0 Å². The van der Waals surface area contributed by atoms with Crippen molar-refractivity contribution in [3.8, 4) is 5.75 Å². The molecule has 0 unspecified atom stereocenters. The number of amides is 3. The number of nitrogens with zero attached hydrogens (tertiary/aromatic N) is 1. The van der Waals surface area contributed by atoms with Gasteiger partial charge in [-0.05, 0) is 48.1 Å². The Morgan fingerprint density at radius 2 is 1.83 bits per heavy atom. The average molecular weight is 480 g/mol. The van der Waals surface area contributed by atoms with Gasteiger partial charge in [-0.25, -0.2) is 4.79 Å². The van der Waals surface area contributed by atoms with E-state index in [4.69, 9.17) is 4.74 Å². The van der Waals surface area contributed by atoms with Gasteiger partial charge in [-0.1, -0.05) is 38.1 Å². The molecule has 2 aromatic carbocycles. The standard InChI is InChI=1S/C26H29N3O6/c1-14(2)21(28-23(30)17-8-5-9-18(12-17)35-3)24(31)27-19-11-10-15-6-4-7-16-13-20(26(33)34)29(22(15)16)25(19)32/h4-9,12,14,19-21H,10-11,13H2,1-3H3,(H,27,31)(H,28,30)(H,33,34)/t19-,20-,21-/m0/s1. The van der Waals surface area contributed by atoms with Gasteiger partial charge >= 0.3 is 5.97 Å². The Morgan fingerprint density at radius 1 is 1.11 bits per heavy atom. The number of nitrogens with one attached hydrogen (secondary N) is 2. The smallest absolute Gasteiger partial charge is 0.327 e. The fraction of sp³-hybridized carbons (Fsp3) is 0.385. The zero-order chi connectivity index (χ0) is 25.3. The zero-order valence-corrected chi connectivity index (χ0v) is 19.9. The highest BCUT2D eigenvalue weighted by atomic mass is 16.5. The van der Waals surface area contributed by atoms with Crippen molar-refractivity contribution in [1.82, 2.24) is 10.6 Å². The molecule has 2 aromatic rings. The Balaban J connectivity index is 1.53. The molecule has 0 bridgehead atoms. The van der Waals surface area contributed by atoms with Crippen LogP contribution in [0.2, 0.25) is 0 Å². The fourth-order valence-electron chi connectivity index (χ4n) is 4.75. The third-order valence-corrected chi connectivity index (χ3v) is 6.58. The molecule has 0 aliphatic carbocycles. The summed E-state index contributed by atoms with van der Waals surface area (Å²) in [5.41, 5.74) is 2.70. The molecule has 2 aliphatic rings. The normalized spacial score (nSPS) is 19.5. The van der Waals surface area contributed by atoms with E-state index in [-0.39, 0.29) is 12.3 Å². The van der Waals surface area contributed by atoms with Gasteiger partial charge in [0, 0.05) is 12.0 Å².